The minimum atomic E-state index is -0.499. The van der Waals surface area contributed by atoms with E-state index in [-0.39, 0.29) is 36.4 Å². The van der Waals surface area contributed by atoms with Crippen molar-refractivity contribution in [3.8, 4) is 0 Å². The van der Waals surface area contributed by atoms with Crippen molar-refractivity contribution in [2.75, 3.05) is 5.32 Å². The molecule has 1 N–H and O–H groups in total. The number of carbonyl (C=O) groups excluding carboxylic acids is 1. The minimum Gasteiger partial charge on any atom is -0.444 e. The first kappa shape index (κ1) is 24.5. The lowest BCUT2D eigenvalue weighted by molar-refractivity contribution is 0.00578. The Morgan fingerprint density at radius 2 is 1.82 bits per heavy atom. The Bertz CT molecular complexity index is 1050. The standard InChI is InChI=1S/C26H36BN3O4/c1-24(2,3)30-22(28-23(31)32-17-18-11-9-8-10-12-18)16-21(29-30)19-13-14-20(15-19)27-33-25(4,5)26(6,7)34-27/h8-12,15-16,19H,13-14,17H2,1-7H3,(H,28,31). The van der Waals surface area contributed by atoms with Gasteiger partial charge in [0.1, 0.15) is 12.4 Å². The molecule has 1 unspecified atom stereocenters. The molecule has 1 saturated heterocycles. The van der Waals surface area contributed by atoms with E-state index in [1.54, 1.807) is 0 Å². The summed E-state index contributed by atoms with van der Waals surface area (Å²) in [6.45, 7) is 14.7. The van der Waals surface area contributed by atoms with Gasteiger partial charge in [-0.05, 0) is 72.3 Å². The molecule has 2 heterocycles. The van der Waals surface area contributed by atoms with Crippen LogP contribution in [0.4, 0.5) is 10.6 Å². The van der Waals surface area contributed by atoms with Crippen molar-refractivity contribution in [2.24, 2.45) is 0 Å². The van der Waals surface area contributed by atoms with Crippen LogP contribution in [0.5, 0.6) is 0 Å². The molecule has 0 bridgehead atoms. The lowest BCUT2D eigenvalue weighted by atomic mass is 9.78. The minimum absolute atomic E-state index is 0.138. The van der Waals surface area contributed by atoms with E-state index in [0.29, 0.717) is 5.82 Å². The molecule has 1 atom stereocenters. The average molecular weight is 465 g/mol. The Hall–Kier alpha value is -2.58. The van der Waals surface area contributed by atoms with Crippen molar-refractivity contribution < 1.29 is 18.8 Å². The van der Waals surface area contributed by atoms with Crippen molar-refractivity contribution >= 4 is 19.0 Å². The number of anilines is 1. The van der Waals surface area contributed by atoms with E-state index in [1.165, 1.54) is 0 Å². The summed E-state index contributed by atoms with van der Waals surface area (Å²) in [4.78, 5) is 12.5. The first-order chi connectivity index (χ1) is 15.9. The highest BCUT2D eigenvalue weighted by molar-refractivity contribution is 6.54. The highest BCUT2D eigenvalue weighted by Gasteiger charge is 2.52. The summed E-state index contributed by atoms with van der Waals surface area (Å²) in [7, 11) is -0.328. The molecule has 0 saturated carbocycles. The fourth-order valence-electron chi connectivity index (χ4n) is 4.22. The van der Waals surface area contributed by atoms with Gasteiger partial charge in [-0.25, -0.2) is 9.48 Å². The van der Waals surface area contributed by atoms with Gasteiger partial charge in [-0.2, -0.15) is 5.10 Å². The molecule has 182 valence electrons. The number of amides is 1. The molecule has 0 radical (unpaired) electrons. The lowest BCUT2D eigenvalue weighted by Gasteiger charge is -2.32. The zero-order valence-corrected chi connectivity index (χ0v) is 21.3. The number of aromatic nitrogens is 2. The smallest absolute Gasteiger partial charge is 0.444 e. The van der Waals surface area contributed by atoms with E-state index in [4.69, 9.17) is 19.1 Å². The third-order valence-electron chi connectivity index (χ3n) is 6.90. The van der Waals surface area contributed by atoms with Gasteiger partial charge in [0, 0.05) is 12.0 Å². The number of hydrogen-bond acceptors (Lipinski definition) is 5. The molecule has 1 aliphatic heterocycles. The quantitative estimate of drug-likeness (QED) is 0.563. The summed E-state index contributed by atoms with van der Waals surface area (Å²) in [5.74, 6) is 0.761. The van der Waals surface area contributed by atoms with Gasteiger partial charge < -0.3 is 14.0 Å². The molecule has 8 heteroatoms. The van der Waals surface area contributed by atoms with Crippen LogP contribution in [0.2, 0.25) is 0 Å². The molecular formula is C26H36BN3O4. The first-order valence-corrected chi connectivity index (χ1v) is 12.0. The Balaban J connectivity index is 1.48. The molecule has 1 fully saturated rings. The summed E-state index contributed by atoms with van der Waals surface area (Å²) >= 11 is 0. The number of benzene rings is 1. The van der Waals surface area contributed by atoms with Gasteiger partial charge in [-0.3, -0.25) is 5.32 Å². The molecule has 1 aromatic carbocycles. The van der Waals surface area contributed by atoms with Crippen LogP contribution in [0.15, 0.2) is 47.9 Å². The third-order valence-corrected chi connectivity index (χ3v) is 6.90. The lowest BCUT2D eigenvalue weighted by Crippen LogP contribution is -2.41. The van der Waals surface area contributed by atoms with Gasteiger partial charge >= 0.3 is 13.2 Å². The van der Waals surface area contributed by atoms with E-state index in [9.17, 15) is 4.79 Å². The van der Waals surface area contributed by atoms with Crippen molar-refractivity contribution in [3.05, 3.63) is 59.2 Å². The van der Waals surface area contributed by atoms with Crippen LogP contribution in [-0.2, 0) is 26.2 Å². The monoisotopic (exact) mass is 465 g/mol. The first-order valence-electron chi connectivity index (χ1n) is 12.0. The van der Waals surface area contributed by atoms with Crippen molar-refractivity contribution in [1.29, 1.82) is 0 Å². The Kier molecular flexibility index (Phi) is 6.42. The molecular weight excluding hydrogens is 429 g/mol. The second kappa shape index (κ2) is 8.89. The van der Waals surface area contributed by atoms with E-state index < -0.39 is 6.09 Å². The number of carbonyl (C=O) groups is 1. The summed E-state index contributed by atoms with van der Waals surface area (Å²) in [5, 5.41) is 7.76. The number of rotatable bonds is 5. The highest BCUT2D eigenvalue weighted by Crippen LogP contribution is 2.43. The van der Waals surface area contributed by atoms with Crippen LogP contribution >= 0.6 is 0 Å². The predicted molar refractivity (Wildman–Crippen MR) is 134 cm³/mol. The summed E-state index contributed by atoms with van der Waals surface area (Å²) < 4.78 is 19.8. The Morgan fingerprint density at radius 3 is 2.44 bits per heavy atom. The summed E-state index contributed by atoms with van der Waals surface area (Å²) in [6.07, 6.45) is 3.54. The Labute approximate surface area is 203 Å². The fraction of sp³-hybridized carbons (Fsp3) is 0.538. The summed E-state index contributed by atoms with van der Waals surface area (Å²) in [5.41, 5.74) is 1.99. The van der Waals surface area contributed by atoms with Gasteiger partial charge in [0.2, 0.25) is 0 Å². The van der Waals surface area contributed by atoms with Gasteiger partial charge in [-0.15, -0.1) is 0 Å². The summed E-state index contributed by atoms with van der Waals surface area (Å²) in [6, 6.07) is 11.6. The maximum Gasteiger partial charge on any atom is 0.490 e. The largest absolute Gasteiger partial charge is 0.490 e. The van der Waals surface area contributed by atoms with Crippen molar-refractivity contribution in [1.82, 2.24) is 9.78 Å². The number of nitrogens with one attached hydrogen (secondary N) is 1. The van der Waals surface area contributed by atoms with Crippen LogP contribution in [0, 0.1) is 0 Å². The number of ether oxygens (including phenoxy) is 1. The molecule has 1 aliphatic carbocycles. The molecule has 34 heavy (non-hydrogen) atoms. The highest BCUT2D eigenvalue weighted by atomic mass is 16.7. The van der Waals surface area contributed by atoms with Gasteiger partial charge in [0.15, 0.2) is 0 Å². The van der Waals surface area contributed by atoms with Crippen molar-refractivity contribution in [3.63, 3.8) is 0 Å². The number of hydrogen-bond donors (Lipinski definition) is 1. The predicted octanol–water partition coefficient (Wildman–Crippen LogP) is 5.82. The van der Waals surface area contributed by atoms with Crippen LogP contribution in [-0.4, -0.2) is 34.2 Å². The molecule has 1 amide bonds. The van der Waals surface area contributed by atoms with Gasteiger partial charge in [-0.1, -0.05) is 36.4 Å². The molecule has 0 spiro atoms. The molecule has 7 nitrogen and oxygen atoms in total. The van der Waals surface area contributed by atoms with Gasteiger partial charge in [0.05, 0.1) is 22.4 Å². The Morgan fingerprint density at radius 1 is 1.18 bits per heavy atom. The van der Waals surface area contributed by atoms with Crippen LogP contribution in [0.1, 0.15) is 78.5 Å². The second-order valence-corrected chi connectivity index (χ2v) is 11.2. The van der Waals surface area contributed by atoms with Crippen LogP contribution < -0.4 is 5.32 Å². The van der Waals surface area contributed by atoms with E-state index >= 15 is 0 Å². The van der Waals surface area contributed by atoms with Gasteiger partial charge in [0.25, 0.3) is 0 Å². The normalized spacial score (nSPS) is 21.4. The van der Waals surface area contributed by atoms with E-state index in [1.807, 2.05) is 41.1 Å². The molecule has 2 aliphatic rings. The second-order valence-electron chi connectivity index (χ2n) is 11.2. The molecule has 1 aromatic heterocycles. The zero-order chi connectivity index (χ0) is 24.7. The van der Waals surface area contributed by atoms with E-state index in [0.717, 1.165) is 29.6 Å². The average Bonchev–Trinajstić information content (AvgIpc) is 3.43. The third kappa shape index (κ3) is 5.08. The fourth-order valence-corrected chi connectivity index (χ4v) is 4.22. The number of nitrogens with zero attached hydrogens (tertiary/aromatic N) is 2. The SMILES string of the molecule is CC(C)(C)n1nc(C2C=C(B3OC(C)(C)C(C)(C)O3)CC2)cc1NC(=O)OCc1ccccc1. The topological polar surface area (TPSA) is 74.6 Å². The zero-order valence-electron chi connectivity index (χ0n) is 21.3. The molecule has 4 rings (SSSR count). The number of allylic oxidation sites excluding steroid dienone is 2. The van der Waals surface area contributed by atoms with Crippen LogP contribution in [0.3, 0.4) is 0 Å². The maximum absolute atomic E-state index is 12.5. The van der Waals surface area contributed by atoms with Crippen LogP contribution in [0.25, 0.3) is 0 Å². The van der Waals surface area contributed by atoms with Crippen molar-refractivity contribution in [2.45, 2.75) is 90.6 Å². The van der Waals surface area contributed by atoms with E-state index in [2.05, 4.69) is 59.9 Å². The molecule has 2 aromatic rings. The maximum atomic E-state index is 12.5.